The summed E-state index contributed by atoms with van der Waals surface area (Å²) in [6.45, 7) is 5.51. The lowest BCUT2D eigenvalue weighted by Gasteiger charge is -2.16. The van der Waals surface area contributed by atoms with Crippen molar-refractivity contribution in [2.45, 2.75) is 33.4 Å². The van der Waals surface area contributed by atoms with Crippen molar-refractivity contribution >= 4 is 27.5 Å². The first-order chi connectivity index (χ1) is 11.5. The van der Waals surface area contributed by atoms with Gasteiger partial charge in [0.05, 0.1) is 5.39 Å². The van der Waals surface area contributed by atoms with E-state index in [1.54, 1.807) is 13.8 Å². The molecular weight excluding hydrogens is 324 g/mol. The van der Waals surface area contributed by atoms with E-state index in [9.17, 15) is 9.59 Å². The second-order valence-electron chi connectivity index (χ2n) is 5.68. The fraction of sp³-hybridized carbons (Fsp3) is 0.278. The van der Waals surface area contributed by atoms with Gasteiger partial charge in [-0.05, 0) is 32.4 Å². The molecule has 24 heavy (non-hydrogen) atoms. The monoisotopic (exact) mass is 342 g/mol. The average molecular weight is 342 g/mol. The van der Waals surface area contributed by atoms with Gasteiger partial charge < -0.3 is 4.74 Å². The summed E-state index contributed by atoms with van der Waals surface area (Å²) in [5.41, 5.74) is 0.704. The number of fused-ring (bicyclic) bond motifs is 1. The molecule has 124 valence electrons. The number of hydrogen-bond donors (Lipinski definition) is 0. The number of esters is 1. The average Bonchev–Trinajstić information content (AvgIpc) is 2.94. The second-order valence-corrected chi connectivity index (χ2v) is 6.91. The molecule has 0 spiro atoms. The van der Waals surface area contributed by atoms with E-state index in [2.05, 4.69) is 4.98 Å². The number of aryl methyl sites for hydroxylation is 2. The SMILES string of the molecule is Cc1cc2c(=O)n(C(C)C(=O)OCc3ccccc3)c(C)nc2s1. The van der Waals surface area contributed by atoms with Gasteiger partial charge in [-0.25, -0.2) is 9.78 Å². The Hall–Kier alpha value is -2.47. The first kappa shape index (κ1) is 16.4. The first-order valence-corrected chi connectivity index (χ1v) is 8.49. The topological polar surface area (TPSA) is 61.2 Å². The van der Waals surface area contributed by atoms with E-state index in [1.165, 1.54) is 15.9 Å². The molecule has 0 aliphatic heterocycles. The Morgan fingerprint density at radius 2 is 2.00 bits per heavy atom. The number of nitrogens with zero attached hydrogens (tertiary/aromatic N) is 2. The number of aromatic nitrogens is 2. The van der Waals surface area contributed by atoms with Crippen molar-refractivity contribution in [1.82, 2.24) is 9.55 Å². The number of benzene rings is 1. The molecule has 0 bridgehead atoms. The number of carbonyl (C=O) groups excluding carboxylic acids is 1. The van der Waals surface area contributed by atoms with Gasteiger partial charge in [0.15, 0.2) is 0 Å². The Morgan fingerprint density at radius 1 is 1.29 bits per heavy atom. The normalized spacial score (nSPS) is 12.3. The molecule has 0 aliphatic rings. The Morgan fingerprint density at radius 3 is 2.71 bits per heavy atom. The molecule has 0 fully saturated rings. The molecule has 0 saturated heterocycles. The summed E-state index contributed by atoms with van der Waals surface area (Å²) in [5, 5.41) is 0.547. The Kier molecular flexibility index (Phi) is 4.49. The number of carbonyl (C=O) groups is 1. The van der Waals surface area contributed by atoms with Gasteiger partial charge in [-0.2, -0.15) is 0 Å². The van der Waals surface area contributed by atoms with Gasteiger partial charge in [-0.15, -0.1) is 11.3 Å². The highest BCUT2D eigenvalue weighted by molar-refractivity contribution is 7.18. The lowest BCUT2D eigenvalue weighted by Crippen LogP contribution is -2.31. The molecule has 1 unspecified atom stereocenters. The summed E-state index contributed by atoms with van der Waals surface area (Å²) in [5.74, 6) is 0.0654. The molecule has 0 aliphatic carbocycles. The van der Waals surface area contributed by atoms with Gasteiger partial charge in [-0.1, -0.05) is 30.3 Å². The van der Waals surface area contributed by atoms with E-state index >= 15 is 0 Å². The quantitative estimate of drug-likeness (QED) is 0.682. The van der Waals surface area contributed by atoms with Gasteiger partial charge in [0, 0.05) is 4.88 Å². The summed E-state index contributed by atoms with van der Waals surface area (Å²) in [7, 11) is 0. The van der Waals surface area contributed by atoms with E-state index in [0.717, 1.165) is 10.4 Å². The van der Waals surface area contributed by atoms with Crippen LogP contribution in [0, 0.1) is 13.8 Å². The molecule has 5 nitrogen and oxygen atoms in total. The van der Waals surface area contributed by atoms with Gasteiger partial charge >= 0.3 is 5.97 Å². The van der Waals surface area contributed by atoms with Crippen molar-refractivity contribution in [2.24, 2.45) is 0 Å². The predicted molar refractivity (Wildman–Crippen MR) is 94.3 cm³/mol. The maximum atomic E-state index is 12.7. The first-order valence-electron chi connectivity index (χ1n) is 7.67. The van der Waals surface area contributed by atoms with E-state index in [1.807, 2.05) is 43.3 Å². The van der Waals surface area contributed by atoms with Crippen LogP contribution < -0.4 is 5.56 Å². The third kappa shape index (κ3) is 3.10. The molecule has 2 heterocycles. The fourth-order valence-electron chi connectivity index (χ4n) is 2.63. The maximum absolute atomic E-state index is 12.7. The van der Waals surface area contributed by atoms with Crippen molar-refractivity contribution in [3.8, 4) is 0 Å². The second kappa shape index (κ2) is 6.57. The molecule has 3 rings (SSSR count). The summed E-state index contributed by atoms with van der Waals surface area (Å²) in [6, 6.07) is 10.5. The van der Waals surface area contributed by atoms with Crippen LogP contribution in [0.2, 0.25) is 0 Å². The lowest BCUT2D eigenvalue weighted by molar-refractivity contribution is -0.148. The van der Waals surface area contributed by atoms with E-state index < -0.39 is 12.0 Å². The number of rotatable bonds is 4. The van der Waals surface area contributed by atoms with Crippen LogP contribution in [0.25, 0.3) is 10.2 Å². The Bertz CT molecular complexity index is 944. The van der Waals surface area contributed by atoms with Crippen LogP contribution in [-0.2, 0) is 16.1 Å². The molecule has 2 aromatic heterocycles. The van der Waals surface area contributed by atoms with E-state index in [0.29, 0.717) is 16.0 Å². The number of thiophene rings is 1. The van der Waals surface area contributed by atoms with Gasteiger partial charge in [0.2, 0.25) is 0 Å². The molecule has 1 aromatic carbocycles. The minimum atomic E-state index is -0.724. The largest absolute Gasteiger partial charge is 0.459 e. The minimum Gasteiger partial charge on any atom is -0.459 e. The van der Waals surface area contributed by atoms with Crippen molar-refractivity contribution < 1.29 is 9.53 Å². The predicted octanol–water partition coefficient (Wildman–Crippen LogP) is 3.38. The zero-order chi connectivity index (χ0) is 17.3. The summed E-state index contributed by atoms with van der Waals surface area (Å²) in [4.78, 5) is 31.2. The van der Waals surface area contributed by atoms with Crippen molar-refractivity contribution in [3.05, 3.63) is 63.0 Å². The lowest BCUT2D eigenvalue weighted by atomic mass is 10.2. The fourth-order valence-corrected chi connectivity index (χ4v) is 3.54. The zero-order valence-corrected chi connectivity index (χ0v) is 14.6. The molecular formula is C18H18N2O3S. The van der Waals surface area contributed by atoms with Crippen molar-refractivity contribution in [2.75, 3.05) is 0 Å². The molecule has 0 radical (unpaired) electrons. The third-order valence-electron chi connectivity index (χ3n) is 3.85. The van der Waals surface area contributed by atoms with Gasteiger partial charge in [-0.3, -0.25) is 9.36 Å². The molecule has 0 amide bonds. The van der Waals surface area contributed by atoms with Crippen LogP contribution >= 0.6 is 11.3 Å². The molecule has 1 atom stereocenters. The van der Waals surface area contributed by atoms with Crippen LogP contribution in [0.15, 0.2) is 41.2 Å². The molecule has 0 N–H and O–H groups in total. The summed E-state index contributed by atoms with van der Waals surface area (Å²) >= 11 is 1.48. The van der Waals surface area contributed by atoms with Crippen LogP contribution in [0.5, 0.6) is 0 Å². The highest BCUT2D eigenvalue weighted by Crippen LogP contribution is 2.22. The van der Waals surface area contributed by atoms with E-state index in [4.69, 9.17) is 4.74 Å². The molecule has 6 heteroatoms. The standard InChI is InChI=1S/C18H18N2O3S/c1-11-9-15-16(24-11)19-13(3)20(17(15)21)12(2)18(22)23-10-14-7-5-4-6-8-14/h4-9,12H,10H2,1-3H3. The molecule has 3 aromatic rings. The van der Waals surface area contributed by atoms with Crippen LogP contribution in [0.1, 0.15) is 29.2 Å². The van der Waals surface area contributed by atoms with Gasteiger partial charge in [0.25, 0.3) is 5.56 Å². The van der Waals surface area contributed by atoms with Crippen molar-refractivity contribution in [3.63, 3.8) is 0 Å². The van der Waals surface area contributed by atoms with E-state index in [-0.39, 0.29) is 12.2 Å². The minimum absolute atomic E-state index is 0.186. The highest BCUT2D eigenvalue weighted by Gasteiger charge is 2.22. The summed E-state index contributed by atoms with van der Waals surface area (Å²) in [6.07, 6.45) is 0. The Labute approximate surface area is 143 Å². The van der Waals surface area contributed by atoms with Crippen molar-refractivity contribution in [1.29, 1.82) is 0 Å². The number of hydrogen-bond acceptors (Lipinski definition) is 5. The van der Waals surface area contributed by atoms with Gasteiger partial charge in [0.1, 0.15) is 23.3 Å². The highest BCUT2D eigenvalue weighted by atomic mass is 32.1. The van der Waals surface area contributed by atoms with Crippen LogP contribution in [-0.4, -0.2) is 15.5 Å². The third-order valence-corrected chi connectivity index (χ3v) is 4.79. The summed E-state index contributed by atoms with van der Waals surface area (Å²) < 4.78 is 6.75. The molecule has 0 saturated carbocycles. The smallest absolute Gasteiger partial charge is 0.329 e. The maximum Gasteiger partial charge on any atom is 0.329 e. The zero-order valence-electron chi connectivity index (χ0n) is 13.8. The van der Waals surface area contributed by atoms with Crippen LogP contribution in [0.4, 0.5) is 0 Å². The Balaban J connectivity index is 1.86. The number of ether oxygens (including phenoxy) is 1. The van der Waals surface area contributed by atoms with Crippen LogP contribution in [0.3, 0.4) is 0 Å².